The molecule has 2 aromatic rings. The summed E-state index contributed by atoms with van der Waals surface area (Å²) < 4.78 is 29.7. The summed E-state index contributed by atoms with van der Waals surface area (Å²) in [5, 5.41) is 5.12. The number of hydrogen-bond donors (Lipinski definition) is 0. The van der Waals surface area contributed by atoms with E-state index in [1.165, 1.54) is 16.1 Å². The first-order valence-corrected chi connectivity index (χ1v) is 11.6. The number of sulfonamides is 1. The molecule has 0 aliphatic carbocycles. The monoisotopic (exact) mass is 410 g/mol. The molecule has 0 bridgehead atoms. The molecular formula is C18H26N4O3S2. The number of aromatic nitrogens is 2. The second-order valence-electron chi connectivity index (χ2n) is 7.35. The number of likely N-dealkylation sites (N-methyl/N-ethyl adjacent to an activating group) is 1. The third-order valence-electron chi connectivity index (χ3n) is 4.91. The molecule has 1 aromatic heterocycles. The minimum atomic E-state index is -3.77. The number of nitrogens with zero attached hydrogens (tertiary/aromatic N) is 4. The van der Waals surface area contributed by atoms with Gasteiger partial charge in [0.1, 0.15) is 6.04 Å². The third kappa shape index (κ3) is 3.60. The van der Waals surface area contributed by atoms with Crippen molar-refractivity contribution in [2.24, 2.45) is 0 Å². The largest absolute Gasteiger partial charge is 0.342 e. The first-order chi connectivity index (χ1) is 12.6. The van der Waals surface area contributed by atoms with E-state index in [1.807, 2.05) is 32.4 Å². The van der Waals surface area contributed by atoms with Crippen LogP contribution in [0.4, 0.5) is 0 Å². The quantitative estimate of drug-likeness (QED) is 0.757. The maximum atomic E-state index is 13.2. The van der Waals surface area contributed by atoms with Gasteiger partial charge in [-0.05, 0) is 45.9 Å². The Morgan fingerprint density at radius 1 is 1.30 bits per heavy atom. The average molecular weight is 411 g/mol. The van der Waals surface area contributed by atoms with Gasteiger partial charge in [0.25, 0.3) is 0 Å². The van der Waals surface area contributed by atoms with Crippen LogP contribution >= 0.6 is 11.8 Å². The lowest BCUT2D eigenvalue weighted by Crippen LogP contribution is -2.49. The Morgan fingerprint density at radius 2 is 2.00 bits per heavy atom. The molecule has 1 aromatic carbocycles. The summed E-state index contributed by atoms with van der Waals surface area (Å²) >= 11 is 1.46. The highest BCUT2D eigenvalue weighted by Gasteiger charge is 2.41. The van der Waals surface area contributed by atoms with Crippen molar-refractivity contribution < 1.29 is 13.2 Å². The van der Waals surface area contributed by atoms with E-state index in [0.29, 0.717) is 5.75 Å². The van der Waals surface area contributed by atoms with E-state index in [4.69, 9.17) is 0 Å². The van der Waals surface area contributed by atoms with E-state index >= 15 is 0 Å². The summed E-state index contributed by atoms with van der Waals surface area (Å²) in [6, 6.07) is 4.58. The zero-order valence-electron chi connectivity index (χ0n) is 16.3. The number of rotatable bonds is 5. The van der Waals surface area contributed by atoms with Gasteiger partial charge in [-0.2, -0.15) is 9.40 Å². The van der Waals surface area contributed by atoms with E-state index in [9.17, 15) is 13.2 Å². The van der Waals surface area contributed by atoms with E-state index in [-0.39, 0.29) is 28.8 Å². The van der Waals surface area contributed by atoms with E-state index in [0.717, 1.165) is 10.9 Å². The van der Waals surface area contributed by atoms with E-state index in [1.54, 1.807) is 36.3 Å². The summed E-state index contributed by atoms with van der Waals surface area (Å²) in [5.74, 6) is 0.601. The lowest BCUT2D eigenvalue weighted by molar-refractivity contribution is -0.134. The standard InChI is InChI=1S/C18H26N4O3S2/c1-12(2)20(5)18(23)17-10-26-11-21(17)27(24,25)15-6-7-16-14(8-15)9-19-22(16)13(3)4/h6-9,12-13,17H,10-11H2,1-5H3/t17-/m1/s1. The molecule has 1 aliphatic heterocycles. The summed E-state index contributed by atoms with van der Waals surface area (Å²) in [5.41, 5.74) is 0.895. The smallest absolute Gasteiger partial charge is 0.244 e. The molecule has 0 radical (unpaired) electrons. The van der Waals surface area contributed by atoms with Crippen LogP contribution in [-0.4, -0.2) is 64.1 Å². The zero-order valence-corrected chi connectivity index (χ0v) is 17.9. The molecule has 0 spiro atoms. The number of carbonyl (C=O) groups excluding carboxylic acids is 1. The van der Waals surface area contributed by atoms with Gasteiger partial charge >= 0.3 is 0 Å². The Balaban J connectivity index is 1.95. The van der Waals surface area contributed by atoms with Gasteiger partial charge < -0.3 is 4.90 Å². The first kappa shape index (κ1) is 20.2. The van der Waals surface area contributed by atoms with Crippen LogP contribution in [-0.2, 0) is 14.8 Å². The van der Waals surface area contributed by atoms with Crippen LogP contribution in [0.25, 0.3) is 10.9 Å². The molecule has 7 nitrogen and oxygen atoms in total. The summed E-state index contributed by atoms with van der Waals surface area (Å²) in [4.78, 5) is 14.6. The molecule has 1 fully saturated rings. The molecule has 2 heterocycles. The van der Waals surface area contributed by atoms with Crippen molar-refractivity contribution in [3.05, 3.63) is 24.4 Å². The van der Waals surface area contributed by atoms with Crippen molar-refractivity contribution in [3.63, 3.8) is 0 Å². The van der Waals surface area contributed by atoms with Gasteiger partial charge in [-0.25, -0.2) is 8.42 Å². The molecule has 27 heavy (non-hydrogen) atoms. The molecule has 1 saturated heterocycles. The molecular weight excluding hydrogens is 384 g/mol. The maximum Gasteiger partial charge on any atom is 0.244 e. The summed E-state index contributed by atoms with van der Waals surface area (Å²) in [6.07, 6.45) is 1.68. The minimum Gasteiger partial charge on any atom is -0.342 e. The number of carbonyl (C=O) groups is 1. The number of benzene rings is 1. The molecule has 1 amide bonds. The number of fused-ring (bicyclic) bond motifs is 1. The zero-order chi connectivity index (χ0) is 19.9. The van der Waals surface area contributed by atoms with Crippen molar-refractivity contribution in [2.45, 2.75) is 50.7 Å². The van der Waals surface area contributed by atoms with Gasteiger partial charge in [-0.3, -0.25) is 9.48 Å². The Kier molecular flexibility index (Phi) is 5.56. The van der Waals surface area contributed by atoms with Crippen LogP contribution in [0.5, 0.6) is 0 Å². The molecule has 0 saturated carbocycles. The van der Waals surface area contributed by atoms with Gasteiger partial charge in [0.2, 0.25) is 15.9 Å². The predicted octanol–water partition coefficient (Wildman–Crippen LogP) is 2.55. The average Bonchev–Trinajstić information content (AvgIpc) is 3.26. The molecule has 148 valence electrons. The highest BCUT2D eigenvalue weighted by molar-refractivity contribution is 8.00. The van der Waals surface area contributed by atoms with Gasteiger partial charge in [0.15, 0.2) is 0 Å². The lowest BCUT2D eigenvalue weighted by Gasteiger charge is -2.29. The van der Waals surface area contributed by atoms with E-state index < -0.39 is 16.1 Å². The highest BCUT2D eigenvalue weighted by Crippen LogP contribution is 2.31. The predicted molar refractivity (Wildman–Crippen MR) is 108 cm³/mol. The van der Waals surface area contributed by atoms with Crippen LogP contribution < -0.4 is 0 Å². The van der Waals surface area contributed by atoms with Crippen LogP contribution in [0, 0.1) is 0 Å². The number of amides is 1. The second-order valence-corrected chi connectivity index (χ2v) is 10.2. The Bertz CT molecular complexity index is 953. The Hall–Kier alpha value is -1.58. The van der Waals surface area contributed by atoms with Gasteiger partial charge in [0.05, 0.1) is 22.5 Å². The van der Waals surface area contributed by atoms with Crippen molar-refractivity contribution in [1.82, 2.24) is 19.0 Å². The lowest BCUT2D eigenvalue weighted by atomic mass is 10.2. The fraction of sp³-hybridized carbons (Fsp3) is 0.556. The van der Waals surface area contributed by atoms with Crippen LogP contribution in [0.2, 0.25) is 0 Å². The Morgan fingerprint density at radius 3 is 2.63 bits per heavy atom. The summed E-state index contributed by atoms with van der Waals surface area (Å²) in [7, 11) is -2.05. The van der Waals surface area contributed by atoms with Gasteiger partial charge in [-0.1, -0.05) is 0 Å². The summed E-state index contributed by atoms with van der Waals surface area (Å²) in [6.45, 7) is 7.89. The SMILES string of the molecule is CC(C)N(C)C(=O)[C@H]1CSCN1S(=O)(=O)c1ccc2c(cnn2C(C)C)c1. The highest BCUT2D eigenvalue weighted by atomic mass is 32.2. The first-order valence-electron chi connectivity index (χ1n) is 8.98. The molecule has 3 rings (SSSR count). The van der Waals surface area contributed by atoms with Crippen LogP contribution in [0.3, 0.4) is 0 Å². The van der Waals surface area contributed by atoms with Crippen LogP contribution in [0.1, 0.15) is 33.7 Å². The fourth-order valence-electron chi connectivity index (χ4n) is 3.09. The van der Waals surface area contributed by atoms with Gasteiger partial charge in [-0.15, -0.1) is 11.8 Å². The van der Waals surface area contributed by atoms with E-state index in [2.05, 4.69) is 5.10 Å². The van der Waals surface area contributed by atoms with Crippen LogP contribution in [0.15, 0.2) is 29.3 Å². The Labute approximate surface area is 164 Å². The van der Waals surface area contributed by atoms with Crippen molar-refractivity contribution in [3.8, 4) is 0 Å². The van der Waals surface area contributed by atoms with Crippen molar-refractivity contribution in [2.75, 3.05) is 18.7 Å². The molecule has 0 N–H and O–H groups in total. The van der Waals surface area contributed by atoms with Crippen molar-refractivity contribution >= 4 is 38.6 Å². The maximum absolute atomic E-state index is 13.2. The molecule has 9 heteroatoms. The minimum absolute atomic E-state index is 0.0193. The fourth-order valence-corrected chi connectivity index (χ4v) is 6.26. The second kappa shape index (κ2) is 7.44. The molecule has 1 aliphatic rings. The number of hydrogen-bond acceptors (Lipinski definition) is 5. The molecule has 0 unspecified atom stereocenters. The third-order valence-corrected chi connectivity index (χ3v) is 7.94. The van der Waals surface area contributed by atoms with Crippen molar-refractivity contribution in [1.29, 1.82) is 0 Å². The molecule has 1 atom stereocenters. The van der Waals surface area contributed by atoms with Gasteiger partial charge in [0, 0.05) is 30.3 Å². The number of thioether (sulfide) groups is 1. The topological polar surface area (TPSA) is 75.5 Å². The normalized spacial score (nSPS) is 18.7.